The Hall–Kier alpha value is -2.90. The van der Waals surface area contributed by atoms with E-state index in [9.17, 15) is 14.0 Å². The molecule has 0 saturated carbocycles. The first kappa shape index (κ1) is 25.2. The van der Waals surface area contributed by atoms with E-state index in [4.69, 9.17) is 16.3 Å². The molecule has 2 amide bonds. The summed E-state index contributed by atoms with van der Waals surface area (Å²) in [6, 6.07) is 14.7. The normalized spacial score (nSPS) is 15.1. The van der Waals surface area contributed by atoms with E-state index in [0.717, 1.165) is 12.0 Å². The molecule has 0 N–H and O–H groups in total. The lowest BCUT2D eigenvalue weighted by atomic mass is 10.00. The van der Waals surface area contributed by atoms with Gasteiger partial charge in [-0.25, -0.2) is 4.39 Å². The minimum Gasteiger partial charge on any atom is -0.488 e. The Morgan fingerprint density at radius 3 is 2.66 bits per heavy atom. The highest BCUT2D eigenvalue weighted by atomic mass is 35.5. The Balaban J connectivity index is 1.55. The molecule has 0 saturated heterocycles. The van der Waals surface area contributed by atoms with Gasteiger partial charge in [-0.05, 0) is 53.6 Å². The second-order valence-corrected chi connectivity index (χ2v) is 10.4. The van der Waals surface area contributed by atoms with Crippen LogP contribution in [0.25, 0.3) is 0 Å². The van der Waals surface area contributed by atoms with Crippen LogP contribution >= 0.6 is 22.9 Å². The lowest BCUT2D eigenvalue weighted by molar-refractivity contribution is -0.135. The lowest BCUT2D eigenvalue weighted by Crippen LogP contribution is -2.48. The first-order valence-electron chi connectivity index (χ1n) is 11.6. The molecule has 8 heteroatoms. The number of ether oxygens (including phenoxy) is 1. The number of rotatable bonds is 8. The Morgan fingerprint density at radius 1 is 1.17 bits per heavy atom. The lowest BCUT2D eigenvalue weighted by Gasteiger charge is -2.37. The van der Waals surface area contributed by atoms with Crippen molar-refractivity contribution in [3.63, 3.8) is 0 Å². The molecule has 3 aromatic rings. The van der Waals surface area contributed by atoms with Crippen molar-refractivity contribution in [1.82, 2.24) is 9.80 Å². The fraction of sp³-hybridized carbons (Fsp3) is 0.333. The second-order valence-electron chi connectivity index (χ2n) is 8.95. The number of hydrogen-bond donors (Lipinski definition) is 0. The Bertz CT molecular complexity index is 1200. The molecule has 0 bridgehead atoms. The van der Waals surface area contributed by atoms with E-state index in [-0.39, 0.29) is 42.7 Å². The Morgan fingerprint density at radius 2 is 1.91 bits per heavy atom. The van der Waals surface area contributed by atoms with Crippen LogP contribution in [0.1, 0.15) is 40.7 Å². The first-order valence-corrected chi connectivity index (χ1v) is 12.9. The minimum absolute atomic E-state index is 0.0715. The smallest absolute Gasteiger partial charge is 0.255 e. The van der Waals surface area contributed by atoms with E-state index in [2.05, 4.69) is 0 Å². The summed E-state index contributed by atoms with van der Waals surface area (Å²) in [7, 11) is 0. The molecular formula is C27H28ClFN2O3S. The second kappa shape index (κ2) is 11.2. The van der Waals surface area contributed by atoms with Crippen molar-refractivity contribution >= 4 is 34.8 Å². The molecule has 0 aliphatic carbocycles. The van der Waals surface area contributed by atoms with E-state index < -0.39 is 5.82 Å². The van der Waals surface area contributed by atoms with Gasteiger partial charge in [-0.3, -0.25) is 9.59 Å². The minimum atomic E-state index is -0.444. The highest BCUT2D eigenvalue weighted by molar-refractivity contribution is 7.10. The maximum Gasteiger partial charge on any atom is 0.255 e. The molecule has 0 unspecified atom stereocenters. The number of carbonyl (C=O) groups excluding carboxylic acids is 2. The fourth-order valence-corrected chi connectivity index (χ4v) is 5.47. The van der Waals surface area contributed by atoms with Crippen LogP contribution in [0, 0.1) is 11.7 Å². The molecule has 4 rings (SSSR count). The number of hydrogen-bond acceptors (Lipinski definition) is 4. The van der Waals surface area contributed by atoms with Crippen molar-refractivity contribution in [2.75, 3.05) is 26.2 Å². The molecule has 1 aliphatic rings. The van der Waals surface area contributed by atoms with E-state index in [1.54, 1.807) is 63.6 Å². The van der Waals surface area contributed by atoms with Crippen molar-refractivity contribution < 1.29 is 18.7 Å². The van der Waals surface area contributed by atoms with Gasteiger partial charge in [0.05, 0.1) is 16.6 Å². The summed E-state index contributed by atoms with van der Waals surface area (Å²) >= 11 is 7.92. The van der Waals surface area contributed by atoms with Gasteiger partial charge in [-0.1, -0.05) is 49.7 Å². The van der Waals surface area contributed by atoms with Crippen LogP contribution in [-0.2, 0) is 11.2 Å². The zero-order valence-corrected chi connectivity index (χ0v) is 21.3. The summed E-state index contributed by atoms with van der Waals surface area (Å²) in [5, 5.41) is 2.36. The van der Waals surface area contributed by atoms with Gasteiger partial charge < -0.3 is 14.5 Å². The van der Waals surface area contributed by atoms with E-state index in [1.165, 1.54) is 10.9 Å². The monoisotopic (exact) mass is 514 g/mol. The number of fused-ring (bicyclic) bond motifs is 1. The van der Waals surface area contributed by atoms with E-state index in [1.807, 2.05) is 25.3 Å². The topological polar surface area (TPSA) is 49.9 Å². The van der Waals surface area contributed by atoms with Crippen LogP contribution < -0.4 is 4.74 Å². The Kier molecular flexibility index (Phi) is 8.08. The number of halogens is 2. The van der Waals surface area contributed by atoms with Crippen LogP contribution in [0.2, 0.25) is 5.02 Å². The quantitative estimate of drug-likeness (QED) is 0.379. The van der Waals surface area contributed by atoms with Gasteiger partial charge in [0.1, 0.15) is 13.2 Å². The maximum absolute atomic E-state index is 14.2. The maximum atomic E-state index is 14.2. The molecule has 184 valence electrons. The molecule has 0 fully saturated rings. The van der Waals surface area contributed by atoms with Gasteiger partial charge >= 0.3 is 0 Å². The number of para-hydroxylation sites is 1. The third-order valence-corrected chi connectivity index (χ3v) is 7.28. The summed E-state index contributed by atoms with van der Waals surface area (Å²) in [6.07, 6.45) is 0.734. The summed E-state index contributed by atoms with van der Waals surface area (Å²) < 4.78 is 20.0. The predicted octanol–water partition coefficient (Wildman–Crippen LogP) is 5.84. The third kappa shape index (κ3) is 5.85. The third-order valence-electron chi connectivity index (χ3n) is 5.95. The average molecular weight is 515 g/mol. The van der Waals surface area contributed by atoms with E-state index >= 15 is 0 Å². The highest BCUT2D eigenvalue weighted by Crippen LogP contribution is 2.34. The number of carbonyl (C=O) groups is 2. The summed E-state index contributed by atoms with van der Waals surface area (Å²) in [5.41, 5.74) is 1.39. The van der Waals surface area contributed by atoms with Gasteiger partial charge in [0, 0.05) is 18.0 Å². The molecule has 2 aromatic carbocycles. The van der Waals surface area contributed by atoms with Gasteiger partial charge in [0.25, 0.3) is 5.91 Å². The number of benzene rings is 2. The van der Waals surface area contributed by atoms with Gasteiger partial charge in [0.15, 0.2) is 11.6 Å². The van der Waals surface area contributed by atoms with Crippen LogP contribution in [0.4, 0.5) is 4.39 Å². The Labute approximate surface area is 214 Å². The average Bonchev–Trinajstić information content (AvgIpc) is 3.32. The fourth-order valence-electron chi connectivity index (χ4n) is 4.32. The van der Waals surface area contributed by atoms with Crippen molar-refractivity contribution in [2.24, 2.45) is 5.92 Å². The zero-order chi connectivity index (χ0) is 24.9. The van der Waals surface area contributed by atoms with Crippen molar-refractivity contribution in [2.45, 2.75) is 26.3 Å². The molecule has 1 atom stereocenters. The van der Waals surface area contributed by atoms with Crippen molar-refractivity contribution in [1.29, 1.82) is 0 Å². The molecular weight excluding hydrogens is 487 g/mol. The van der Waals surface area contributed by atoms with Crippen LogP contribution in [0.15, 0.2) is 60.0 Å². The molecule has 2 heterocycles. The molecule has 0 spiro atoms. The number of amides is 2. The number of nitrogens with zero attached hydrogens (tertiary/aromatic N) is 2. The summed E-state index contributed by atoms with van der Waals surface area (Å²) in [4.78, 5) is 31.4. The molecule has 1 aromatic heterocycles. The predicted molar refractivity (Wildman–Crippen MR) is 137 cm³/mol. The largest absolute Gasteiger partial charge is 0.488 e. The molecule has 5 nitrogen and oxygen atoms in total. The molecule has 0 radical (unpaired) electrons. The highest BCUT2D eigenvalue weighted by Gasteiger charge is 2.34. The SMILES string of the molecule is CC(C)CN(CC(=O)N1CCc2sccc2[C@H]1COc1ccccc1F)C(=O)c1ccccc1Cl. The van der Waals surface area contributed by atoms with Gasteiger partial charge in [0.2, 0.25) is 5.91 Å². The van der Waals surface area contributed by atoms with Crippen LogP contribution in [0.5, 0.6) is 5.75 Å². The zero-order valence-electron chi connectivity index (χ0n) is 19.7. The van der Waals surface area contributed by atoms with Crippen molar-refractivity contribution in [3.8, 4) is 5.75 Å². The summed E-state index contributed by atoms with van der Waals surface area (Å²) in [5.74, 6) is -0.577. The summed E-state index contributed by atoms with van der Waals surface area (Å²) in [6.45, 7) is 4.98. The van der Waals surface area contributed by atoms with Gasteiger partial charge in [-0.2, -0.15) is 0 Å². The standard InChI is InChI=1S/C27H28ClFN2O3S/c1-18(2)15-30(27(33)19-7-3-4-8-21(19)28)16-26(32)31-13-11-25-20(12-14-35-25)23(31)17-34-24-10-6-5-9-22(24)29/h3-10,12,14,18,23H,11,13,15-17H2,1-2H3/t23-/m1/s1. The van der Waals surface area contributed by atoms with E-state index in [0.29, 0.717) is 23.7 Å². The van der Waals surface area contributed by atoms with Gasteiger partial charge in [-0.15, -0.1) is 11.3 Å². The molecule has 1 aliphatic heterocycles. The van der Waals surface area contributed by atoms with Crippen LogP contribution in [0.3, 0.4) is 0 Å². The molecule has 35 heavy (non-hydrogen) atoms. The van der Waals surface area contributed by atoms with Crippen LogP contribution in [-0.4, -0.2) is 47.9 Å². The van der Waals surface area contributed by atoms with Crippen molar-refractivity contribution in [3.05, 3.63) is 86.8 Å². The number of thiophene rings is 1. The first-order chi connectivity index (χ1) is 16.8.